The number of rotatable bonds is 6. The monoisotopic (exact) mass is 451 g/mol. The van der Waals surface area contributed by atoms with Gasteiger partial charge in [0, 0.05) is 90.1 Å². The van der Waals surface area contributed by atoms with Crippen molar-refractivity contribution in [1.29, 1.82) is 0 Å². The SMILES string of the molecule is CCN([S])CC.CCN([S])CC.CCN([S])CC.F.F.F.c1ccncc1. The van der Waals surface area contributed by atoms with Gasteiger partial charge < -0.3 is 0 Å². The van der Waals surface area contributed by atoms with Crippen LogP contribution in [-0.4, -0.2) is 57.2 Å². The lowest BCUT2D eigenvalue weighted by molar-refractivity contribution is 0.532. The van der Waals surface area contributed by atoms with E-state index in [0.29, 0.717) is 0 Å². The third-order valence-corrected chi connectivity index (χ3v) is 4.23. The van der Waals surface area contributed by atoms with Gasteiger partial charge in [0.25, 0.3) is 0 Å². The molecule has 1 aromatic rings. The first kappa shape index (κ1) is 41.3. The molecule has 0 spiro atoms. The van der Waals surface area contributed by atoms with E-state index in [-0.39, 0.29) is 14.1 Å². The largest absolute Gasteiger partial charge is 0.269 e. The average molecular weight is 452 g/mol. The molecule has 0 bridgehead atoms. The van der Waals surface area contributed by atoms with E-state index in [4.69, 9.17) is 38.4 Å². The van der Waals surface area contributed by atoms with Gasteiger partial charge in [0.15, 0.2) is 0 Å². The van der Waals surface area contributed by atoms with Crippen LogP contribution in [0.1, 0.15) is 41.5 Å². The number of hydrogen-bond donors (Lipinski definition) is 0. The maximum absolute atomic E-state index is 4.77. The van der Waals surface area contributed by atoms with Crippen LogP contribution in [0.25, 0.3) is 0 Å². The molecule has 4 nitrogen and oxygen atoms in total. The Hall–Kier alpha value is -0.130. The van der Waals surface area contributed by atoms with E-state index >= 15 is 0 Å². The second kappa shape index (κ2) is 36.7. The second-order valence-corrected chi connectivity index (χ2v) is 5.92. The van der Waals surface area contributed by atoms with Crippen molar-refractivity contribution >= 4 is 38.4 Å². The van der Waals surface area contributed by atoms with E-state index < -0.39 is 0 Å². The summed E-state index contributed by atoms with van der Waals surface area (Å²) in [5.74, 6) is 0. The summed E-state index contributed by atoms with van der Waals surface area (Å²) in [6.07, 6.45) is 3.50. The number of pyridine rings is 1. The highest BCUT2D eigenvalue weighted by Gasteiger charge is 1.85. The molecule has 0 aliphatic rings. The minimum atomic E-state index is 0. The van der Waals surface area contributed by atoms with Crippen molar-refractivity contribution in [2.45, 2.75) is 41.5 Å². The summed E-state index contributed by atoms with van der Waals surface area (Å²) in [4.78, 5) is 3.78. The summed E-state index contributed by atoms with van der Waals surface area (Å²) < 4.78 is 5.50. The number of halogens is 3. The van der Waals surface area contributed by atoms with E-state index in [1.165, 1.54) is 0 Å². The zero-order valence-electron chi connectivity index (χ0n) is 17.4. The van der Waals surface area contributed by atoms with Gasteiger partial charge in [-0.05, 0) is 12.1 Å². The normalized spacial score (nSPS) is 8.44. The molecule has 10 heteroatoms. The molecule has 0 aliphatic carbocycles. The first-order chi connectivity index (χ1) is 11.4. The van der Waals surface area contributed by atoms with Crippen molar-refractivity contribution in [2.24, 2.45) is 0 Å². The van der Waals surface area contributed by atoms with Crippen molar-refractivity contribution in [3.63, 3.8) is 0 Å². The van der Waals surface area contributed by atoms with Crippen molar-refractivity contribution < 1.29 is 14.1 Å². The quantitative estimate of drug-likeness (QED) is 0.540. The third-order valence-electron chi connectivity index (χ3n) is 2.68. The van der Waals surface area contributed by atoms with Crippen molar-refractivity contribution in [3.8, 4) is 0 Å². The third kappa shape index (κ3) is 46.2. The van der Waals surface area contributed by atoms with E-state index in [2.05, 4.69) is 46.5 Å². The Morgan fingerprint density at radius 1 is 0.519 bits per heavy atom. The van der Waals surface area contributed by atoms with Crippen molar-refractivity contribution in [2.75, 3.05) is 39.3 Å². The van der Waals surface area contributed by atoms with Crippen LogP contribution < -0.4 is 0 Å². The van der Waals surface area contributed by atoms with Crippen molar-refractivity contribution in [1.82, 2.24) is 17.9 Å². The summed E-state index contributed by atoms with van der Waals surface area (Å²) in [5.41, 5.74) is 0. The van der Waals surface area contributed by atoms with Gasteiger partial charge in [0.2, 0.25) is 0 Å². The Morgan fingerprint density at radius 2 is 0.741 bits per heavy atom. The molecule has 1 heterocycles. The summed E-state index contributed by atoms with van der Waals surface area (Å²) in [7, 11) is 0. The molecular formula is C17H38F3N4S3. The van der Waals surface area contributed by atoms with Crippen molar-refractivity contribution in [3.05, 3.63) is 30.6 Å². The van der Waals surface area contributed by atoms with Crippen LogP contribution in [0.3, 0.4) is 0 Å². The lowest BCUT2D eigenvalue weighted by Gasteiger charge is -2.03. The molecule has 0 fully saturated rings. The fraction of sp³-hybridized carbons (Fsp3) is 0.706. The van der Waals surface area contributed by atoms with Gasteiger partial charge in [-0.2, -0.15) is 0 Å². The Labute approximate surface area is 181 Å². The highest BCUT2D eigenvalue weighted by atomic mass is 32.1. The molecule has 0 N–H and O–H groups in total. The molecule has 0 saturated carbocycles. The second-order valence-electron chi connectivity index (χ2n) is 4.37. The lowest BCUT2D eigenvalue weighted by Crippen LogP contribution is -2.08. The van der Waals surface area contributed by atoms with Crippen LogP contribution in [0, 0.1) is 0 Å². The van der Waals surface area contributed by atoms with Gasteiger partial charge in [0.05, 0.1) is 0 Å². The fourth-order valence-electron chi connectivity index (χ4n) is 0.983. The maximum Gasteiger partial charge on any atom is 0.0267 e. The number of nitrogens with zero attached hydrogens (tertiary/aromatic N) is 4. The molecule has 3 radical (unpaired) electrons. The predicted octanol–water partition coefficient (Wildman–Crippen LogP) is 5.86. The summed E-state index contributed by atoms with van der Waals surface area (Å²) >= 11 is 14.3. The maximum atomic E-state index is 4.77. The van der Waals surface area contributed by atoms with Crippen LogP contribution in [0.5, 0.6) is 0 Å². The van der Waals surface area contributed by atoms with Gasteiger partial charge in [-0.3, -0.25) is 19.1 Å². The first-order valence-corrected chi connectivity index (χ1v) is 9.63. The standard InChI is InChI=1S/C5H5N.3C4H10NS.3FH/c1-2-4-6-5-3-1;3*1-3-5(6)4-2;;;/h1-5H;3*3-4H2,1-2H3;3*1H. The van der Waals surface area contributed by atoms with Gasteiger partial charge in [0.1, 0.15) is 0 Å². The smallest absolute Gasteiger partial charge is 0.0267 e. The molecule has 0 aromatic carbocycles. The highest BCUT2D eigenvalue weighted by Crippen LogP contribution is 1.87. The number of hydrogen-bond acceptors (Lipinski definition) is 4. The zero-order chi connectivity index (χ0) is 19.2. The molecule has 1 aromatic heterocycles. The molecule has 0 saturated heterocycles. The van der Waals surface area contributed by atoms with E-state index in [1.807, 2.05) is 31.1 Å². The predicted molar refractivity (Wildman–Crippen MR) is 123 cm³/mol. The lowest BCUT2D eigenvalue weighted by atomic mass is 10.5. The molecular weight excluding hydrogens is 413 g/mol. The minimum absolute atomic E-state index is 0. The Bertz CT molecular complexity index is 256. The molecule has 1 rings (SSSR count). The summed E-state index contributed by atoms with van der Waals surface area (Å²) in [6, 6.07) is 5.72. The van der Waals surface area contributed by atoms with E-state index in [9.17, 15) is 0 Å². The Kier molecular flexibility index (Phi) is 56.2. The van der Waals surface area contributed by atoms with E-state index in [0.717, 1.165) is 39.3 Å². The average Bonchev–Trinajstić information content (AvgIpc) is 2.68. The Morgan fingerprint density at radius 3 is 0.778 bits per heavy atom. The zero-order valence-corrected chi connectivity index (χ0v) is 19.8. The first-order valence-electron chi connectivity index (χ1n) is 8.54. The molecule has 0 unspecified atom stereocenters. The minimum Gasteiger partial charge on any atom is -0.269 e. The number of aromatic nitrogens is 1. The van der Waals surface area contributed by atoms with Gasteiger partial charge in [-0.1, -0.05) is 47.6 Å². The molecule has 0 amide bonds. The van der Waals surface area contributed by atoms with Gasteiger partial charge >= 0.3 is 0 Å². The highest BCUT2D eigenvalue weighted by molar-refractivity contribution is 7.78. The summed E-state index contributed by atoms with van der Waals surface area (Å²) in [5, 5.41) is 0. The van der Waals surface area contributed by atoms with Crippen LogP contribution >= 0.6 is 38.4 Å². The van der Waals surface area contributed by atoms with Crippen LogP contribution in [-0.2, 0) is 0 Å². The Balaban J connectivity index is -0.0000000525. The topological polar surface area (TPSA) is 22.6 Å². The van der Waals surface area contributed by atoms with Gasteiger partial charge in [-0.25, -0.2) is 12.9 Å². The molecule has 165 valence electrons. The van der Waals surface area contributed by atoms with Crippen LogP contribution in [0.15, 0.2) is 30.6 Å². The molecule has 0 aliphatic heterocycles. The summed E-state index contributed by atoms with van der Waals surface area (Å²) in [6.45, 7) is 18.2. The molecule has 0 atom stereocenters. The fourth-order valence-corrected chi connectivity index (χ4v) is 0.983. The van der Waals surface area contributed by atoms with Crippen LogP contribution in [0.2, 0.25) is 0 Å². The van der Waals surface area contributed by atoms with Gasteiger partial charge in [-0.15, -0.1) is 0 Å². The van der Waals surface area contributed by atoms with E-state index in [1.54, 1.807) is 12.4 Å². The van der Waals surface area contributed by atoms with Crippen LogP contribution in [0.4, 0.5) is 14.1 Å². The molecule has 27 heavy (non-hydrogen) atoms.